The highest BCUT2D eigenvalue weighted by Gasteiger charge is 2.54. The fourth-order valence-corrected chi connectivity index (χ4v) is 4.75. The predicted octanol–water partition coefficient (Wildman–Crippen LogP) is 7.61. The number of benzene rings is 3. The van der Waals surface area contributed by atoms with Gasteiger partial charge < -0.3 is 19.5 Å². The minimum Gasteiger partial charge on any atom is -0.465 e. The van der Waals surface area contributed by atoms with Gasteiger partial charge >= 0.3 is 31.2 Å². The fraction of sp³-hybridized carbons (Fsp3) is 0.250. The monoisotopic (exact) mass is 665 g/mol. The summed E-state index contributed by atoms with van der Waals surface area (Å²) in [6, 6.07) is 10.2. The number of ether oxygens (including phenoxy) is 3. The van der Waals surface area contributed by atoms with Crippen LogP contribution >= 0.6 is 11.6 Å². The summed E-state index contributed by atoms with van der Waals surface area (Å²) < 4.78 is 117. The number of amides is 2. The average Bonchev–Trinajstić information content (AvgIpc) is 3.35. The fourth-order valence-electron chi connectivity index (χ4n) is 4.46. The van der Waals surface area contributed by atoms with Crippen LogP contribution in [0.2, 0.25) is 5.02 Å². The van der Waals surface area contributed by atoms with E-state index in [4.69, 9.17) is 16.3 Å². The van der Waals surface area contributed by atoms with Gasteiger partial charge in [0.2, 0.25) is 0 Å². The lowest BCUT2D eigenvalue weighted by Gasteiger charge is -2.29. The third-order valence-electron chi connectivity index (χ3n) is 6.33. The summed E-state index contributed by atoms with van der Waals surface area (Å²) in [6.45, 7) is -2.47. The van der Waals surface area contributed by atoms with Gasteiger partial charge in [0.1, 0.15) is 11.5 Å². The third kappa shape index (κ3) is 7.56. The molecule has 1 N–H and O–H groups in total. The van der Waals surface area contributed by atoms with E-state index in [1.807, 2.05) is 0 Å². The molecule has 1 heterocycles. The van der Waals surface area contributed by atoms with Crippen molar-refractivity contribution in [1.29, 1.82) is 0 Å². The zero-order valence-electron chi connectivity index (χ0n) is 22.7. The molecule has 0 aliphatic carbocycles. The summed E-state index contributed by atoms with van der Waals surface area (Å²) in [4.78, 5) is 27.0. The van der Waals surface area contributed by atoms with Crippen LogP contribution in [0.15, 0.2) is 71.8 Å². The number of esters is 1. The molecule has 2 amide bonds. The first kappa shape index (κ1) is 33.3. The number of hydrogen-bond acceptors (Lipinski definition) is 6. The van der Waals surface area contributed by atoms with E-state index in [0.29, 0.717) is 6.07 Å². The maximum atomic E-state index is 13.7. The Morgan fingerprint density at radius 3 is 2.13 bits per heavy atom. The van der Waals surface area contributed by atoms with Crippen molar-refractivity contribution < 1.29 is 58.9 Å². The highest BCUT2D eigenvalue weighted by molar-refractivity contribution is 6.32. The molecule has 1 aliphatic heterocycles. The summed E-state index contributed by atoms with van der Waals surface area (Å²) in [6.07, 6.45) is -9.77. The van der Waals surface area contributed by atoms with Gasteiger partial charge in [0.05, 0.1) is 29.4 Å². The van der Waals surface area contributed by atoms with E-state index < -0.39 is 59.4 Å². The molecule has 17 heteroatoms. The topological polar surface area (TPSA) is 89.5 Å². The van der Waals surface area contributed by atoms with Crippen LogP contribution in [0.3, 0.4) is 0 Å². The van der Waals surface area contributed by atoms with Crippen LogP contribution in [0.25, 0.3) is 0 Å². The molecule has 1 aliphatic rings. The molecule has 8 nitrogen and oxygen atoms in total. The Bertz CT molecular complexity index is 1580. The van der Waals surface area contributed by atoms with Gasteiger partial charge in [0.15, 0.2) is 5.41 Å². The number of hydrogen-bond donors (Lipinski definition) is 1. The van der Waals surface area contributed by atoms with E-state index in [-0.39, 0.29) is 34.9 Å². The molecule has 0 spiro atoms. The molecular formula is C28H20ClF8N3O5. The highest BCUT2D eigenvalue weighted by atomic mass is 35.5. The molecule has 3 aromatic rings. The van der Waals surface area contributed by atoms with Gasteiger partial charge in [-0.05, 0) is 61.0 Å². The predicted molar refractivity (Wildman–Crippen MR) is 143 cm³/mol. The lowest BCUT2D eigenvalue weighted by Crippen LogP contribution is -2.48. The maximum Gasteiger partial charge on any atom is 0.573 e. The average molecular weight is 666 g/mol. The normalized spacial score (nSPS) is 16.8. The van der Waals surface area contributed by atoms with Gasteiger partial charge in [0, 0.05) is 11.3 Å². The minimum absolute atomic E-state index is 0.00835. The Morgan fingerprint density at radius 2 is 1.60 bits per heavy atom. The summed E-state index contributed by atoms with van der Waals surface area (Å²) in [5, 5.41) is 6.63. The maximum absolute atomic E-state index is 13.7. The third-order valence-corrected chi connectivity index (χ3v) is 6.64. The summed E-state index contributed by atoms with van der Waals surface area (Å²) in [5.74, 6) is -1.85. The molecular weight excluding hydrogens is 646 g/mol. The molecule has 0 fully saturated rings. The number of carbonyl (C=O) groups is 2. The van der Waals surface area contributed by atoms with E-state index >= 15 is 0 Å². The van der Waals surface area contributed by atoms with Crippen molar-refractivity contribution in [2.24, 2.45) is 5.10 Å². The van der Waals surface area contributed by atoms with Crippen molar-refractivity contribution in [2.45, 2.75) is 31.5 Å². The quantitative estimate of drug-likeness (QED) is 0.198. The Kier molecular flexibility index (Phi) is 9.46. The van der Waals surface area contributed by atoms with E-state index in [1.54, 1.807) is 0 Å². The van der Waals surface area contributed by atoms with Crippen LogP contribution in [0, 0.1) is 0 Å². The molecule has 0 bridgehead atoms. The van der Waals surface area contributed by atoms with E-state index in [2.05, 4.69) is 19.9 Å². The van der Waals surface area contributed by atoms with Crippen molar-refractivity contribution in [2.75, 3.05) is 18.5 Å². The van der Waals surface area contributed by atoms with Gasteiger partial charge in [-0.1, -0.05) is 29.8 Å². The van der Waals surface area contributed by atoms with Gasteiger partial charge in [-0.3, -0.25) is 4.79 Å². The van der Waals surface area contributed by atoms with E-state index in [0.717, 1.165) is 53.5 Å². The lowest BCUT2D eigenvalue weighted by atomic mass is 9.74. The van der Waals surface area contributed by atoms with Crippen molar-refractivity contribution in [3.8, 4) is 11.5 Å². The first-order valence-corrected chi connectivity index (χ1v) is 13.0. The number of halogens is 9. The molecule has 0 saturated carbocycles. The van der Waals surface area contributed by atoms with Crippen LogP contribution in [0.4, 0.5) is 45.6 Å². The number of rotatable bonds is 8. The second-order valence-electron chi connectivity index (χ2n) is 9.23. The van der Waals surface area contributed by atoms with Gasteiger partial charge in [-0.15, -0.1) is 13.2 Å². The zero-order valence-corrected chi connectivity index (χ0v) is 23.4. The SMILES string of the molecule is CCOC(=O)C1(c2ccc(OC(F)F)cc2)CN(C(=O)Nc2ccc(OC(F)(F)F)cc2)N=C1c1ccc(C(F)(F)F)c(Cl)c1. The van der Waals surface area contributed by atoms with Gasteiger partial charge in [0.25, 0.3) is 0 Å². The van der Waals surface area contributed by atoms with Crippen molar-refractivity contribution in [1.82, 2.24) is 5.01 Å². The van der Waals surface area contributed by atoms with Crippen LogP contribution < -0.4 is 14.8 Å². The second-order valence-corrected chi connectivity index (χ2v) is 9.64. The second kappa shape index (κ2) is 12.8. The Labute approximate surface area is 254 Å². The number of alkyl halides is 8. The molecule has 240 valence electrons. The molecule has 3 aromatic carbocycles. The van der Waals surface area contributed by atoms with Crippen molar-refractivity contribution >= 4 is 35.0 Å². The molecule has 45 heavy (non-hydrogen) atoms. The summed E-state index contributed by atoms with van der Waals surface area (Å²) >= 11 is 5.95. The molecule has 0 radical (unpaired) electrons. The number of nitrogens with zero attached hydrogens (tertiary/aromatic N) is 2. The molecule has 0 aromatic heterocycles. The summed E-state index contributed by atoms with van der Waals surface area (Å²) in [5.41, 5.74) is -3.56. The van der Waals surface area contributed by atoms with Crippen molar-refractivity contribution in [3.63, 3.8) is 0 Å². The molecule has 1 atom stereocenters. The first-order chi connectivity index (χ1) is 21.0. The number of hydrazone groups is 1. The lowest BCUT2D eigenvalue weighted by molar-refractivity contribution is -0.274. The van der Waals surface area contributed by atoms with E-state index in [9.17, 15) is 44.7 Å². The number of anilines is 1. The minimum atomic E-state index is -4.95. The molecule has 4 rings (SSSR count). The zero-order chi connectivity index (χ0) is 33.2. The summed E-state index contributed by atoms with van der Waals surface area (Å²) in [7, 11) is 0. The molecule has 0 saturated heterocycles. The van der Waals surface area contributed by atoms with Crippen LogP contribution in [-0.2, 0) is 21.1 Å². The number of urea groups is 1. The van der Waals surface area contributed by atoms with Gasteiger partial charge in [-0.25, -0.2) is 9.80 Å². The van der Waals surface area contributed by atoms with Crippen LogP contribution in [0.5, 0.6) is 11.5 Å². The van der Waals surface area contributed by atoms with Crippen LogP contribution in [-0.4, -0.2) is 48.8 Å². The highest BCUT2D eigenvalue weighted by Crippen LogP contribution is 2.41. The van der Waals surface area contributed by atoms with Crippen LogP contribution in [0.1, 0.15) is 23.6 Å². The Balaban J connectivity index is 1.79. The van der Waals surface area contributed by atoms with Gasteiger partial charge in [-0.2, -0.15) is 27.1 Å². The largest absolute Gasteiger partial charge is 0.573 e. The first-order valence-electron chi connectivity index (χ1n) is 12.7. The Hall–Kier alpha value is -4.60. The van der Waals surface area contributed by atoms with E-state index in [1.165, 1.54) is 19.1 Å². The smallest absolute Gasteiger partial charge is 0.465 e. The Morgan fingerprint density at radius 1 is 0.978 bits per heavy atom. The number of nitrogens with one attached hydrogen (secondary N) is 1. The number of carbonyl (C=O) groups excluding carboxylic acids is 2. The van der Waals surface area contributed by atoms with Crippen molar-refractivity contribution in [3.05, 3.63) is 88.4 Å². The standard InChI is InChI=1S/C28H20ClF8N3O5/c1-2-43-23(41)26(16-4-8-18(9-5-16)44-24(30)31)14-40(25(42)38-17-6-10-19(11-7-17)45-28(35,36)37)39-22(26)15-3-12-20(21(29)13-15)27(32,33)34/h3-13,24H,2,14H2,1H3,(H,38,42). The molecule has 1 unspecified atom stereocenters.